The predicted molar refractivity (Wildman–Crippen MR) is 73.4 cm³/mol. The standard InChI is InChI=1S/C10H11BrN2O3S2/c1-3-7-4-5-17-10(7)18(14,15)13-9-8(11)6(2)12-16-9/h4-5,13H,3H2,1-2H3. The summed E-state index contributed by atoms with van der Waals surface area (Å²) >= 11 is 4.41. The maximum Gasteiger partial charge on any atom is 0.274 e. The molecule has 0 aliphatic rings. The summed E-state index contributed by atoms with van der Waals surface area (Å²) in [6.45, 7) is 3.63. The van der Waals surface area contributed by atoms with E-state index in [1.165, 1.54) is 11.3 Å². The van der Waals surface area contributed by atoms with E-state index in [2.05, 4.69) is 25.8 Å². The van der Waals surface area contributed by atoms with E-state index >= 15 is 0 Å². The molecule has 8 heteroatoms. The van der Waals surface area contributed by atoms with Gasteiger partial charge < -0.3 is 4.52 Å². The number of anilines is 1. The first-order valence-electron chi connectivity index (χ1n) is 5.16. The van der Waals surface area contributed by atoms with Crippen molar-refractivity contribution < 1.29 is 12.9 Å². The minimum atomic E-state index is -3.62. The highest BCUT2D eigenvalue weighted by atomic mass is 79.9. The van der Waals surface area contributed by atoms with Crippen LogP contribution < -0.4 is 4.72 Å². The lowest BCUT2D eigenvalue weighted by molar-refractivity contribution is 0.430. The van der Waals surface area contributed by atoms with E-state index in [-0.39, 0.29) is 5.88 Å². The Labute approximate surface area is 117 Å². The number of aryl methyl sites for hydroxylation is 2. The van der Waals surface area contributed by atoms with Gasteiger partial charge in [-0.25, -0.2) is 13.1 Å². The van der Waals surface area contributed by atoms with Gasteiger partial charge in [0.15, 0.2) is 0 Å². The average Bonchev–Trinajstić information content (AvgIpc) is 2.91. The summed E-state index contributed by atoms with van der Waals surface area (Å²) in [5.41, 5.74) is 1.38. The Morgan fingerprint density at radius 2 is 2.28 bits per heavy atom. The molecule has 0 amide bonds. The SMILES string of the molecule is CCc1ccsc1S(=O)(=O)Nc1onc(C)c1Br. The molecule has 98 valence electrons. The highest BCUT2D eigenvalue weighted by Crippen LogP contribution is 2.30. The molecule has 0 unspecified atom stereocenters. The van der Waals surface area contributed by atoms with Crippen LogP contribution in [0.1, 0.15) is 18.2 Å². The summed E-state index contributed by atoms with van der Waals surface area (Å²) in [6, 6.07) is 1.81. The Morgan fingerprint density at radius 1 is 1.56 bits per heavy atom. The first-order chi connectivity index (χ1) is 8.45. The van der Waals surface area contributed by atoms with Gasteiger partial charge >= 0.3 is 0 Å². The monoisotopic (exact) mass is 350 g/mol. The van der Waals surface area contributed by atoms with Gasteiger partial charge in [0.25, 0.3) is 15.9 Å². The molecule has 0 radical (unpaired) electrons. The summed E-state index contributed by atoms with van der Waals surface area (Å²) in [6.07, 6.45) is 0.663. The lowest BCUT2D eigenvalue weighted by atomic mass is 10.3. The van der Waals surface area contributed by atoms with Crippen molar-refractivity contribution >= 4 is 43.2 Å². The summed E-state index contributed by atoms with van der Waals surface area (Å²) < 4.78 is 32.5. The molecule has 0 bridgehead atoms. The molecule has 5 nitrogen and oxygen atoms in total. The molecular formula is C10H11BrN2O3S2. The molecule has 18 heavy (non-hydrogen) atoms. The van der Waals surface area contributed by atoms with Crippen molar-refractivity contribution in [3.63, 3.8) is 0 Å². The van der Waals surface area contributed by atoms with Gasteiger partial charge in [0.2, 0.25) is 0 Å². The number of nitrogens with zero attached hydrogens (tertiary/aromatic N) is 1. The summed E-state index contributed by atoms with van der Waals surface area (Å²) in [7, 11) is -3.62. The number of hydrogen-bond acceptors (Lipinski definition) is 5. The average molecular weight is 351 g/mol. The Kier molecular flexibility index (Phi) is 3.79. The first kappa shape index (κ1) is 13.6. The molecular weight excluding hydrogens is 340 g/mol. The first-order valence-corrected chi connectivity index (χ1v) is 8.32. The third-order valence-electron chi connectivity index (χ3n) is 2.35. The van der Waals surface area contributed by atoms with Gasteiger partial charge in [-0.05, 0) is 46.3 Å². The second-order valence-corrected chi connectivity index (χ2v) is 7.19. The second-order valence-electron chi connectivity index (χ2n) is 3.60. The third kappa shape index (κ3) is 2.45. The van der Waals surface area contributed by atoms with E-state index in [1.807, 2.05) is 6.92 Å². The minimum absolute atomic E-state index is 0.1000. The van der Waals surface area contributed by atoms with Gasteiger partial charge in [-0.2, -0.15) is 0 Å². The molecule has 0 aliphatic heterocycles. The maximum atomic E-state index is 12.2. The van der Waals surface area contributed by atoms with Gasteiger partial charge in [-0.1, -0.05) is 12.1 Å². The second kappa shape index (κ2) is 5.02. The summed E-state index contributed by atoms with van der Waals surface area (Å²) in [5, 5.41) is 5.44. The molecule has 0 fully saturated rings. The summed E-state index contributed by atoms with van der Waals surface area (Å²) in [4.78, 5) is 0. The Morgan fingerprint density at radius 3 is 2.83 bits per heavy atom. The highest BCUT2D eigenvalue weighted by molar-refractivity contribution is 9.10. The largest absolute Gasteiger partial charge is 0.336 e. The number of rotatable bonds is 4. The van der Waals surface area contributed by atoms with E-state index < -0.39 is 10.0 Å². The van der Waals surface area contributed by atoms with Crippen molar-refractivity contribution in [2.75, 3.05) is 4.72 Å². The minimum Gasteiger partial charge on any atom is -0.336 e. The van der Waals surface area contributed by atoms with E-state index in [4.69, 9.17) is 4.52 Å². The van der Waals surface area contributed by atoms with E-state index in [1.54, 1.807) is 18.4 Å². The smallest absolute Gasteiger partial charge is 0.274 e. The molecule has 0 aliphatic carbocycles. The number of aromatic nitrogens is 1. The fourth-order valence-electron chi connectivity index (χ4n) is 1.41. The molecule has 0 saturated carbocycles. The van der Waals surface area contributed by atoms with Gasteiger partial charge in [0.1, 0.15) is 8.68 Å². The number of halogens is 1. The van der Waals surface area contributed by atoms with Crippen LogP contribution in [0.2, 0.25) is 0 Å². The van der Waals surface area contributed by atoms with Crippen molar-refractivity contribution in [1.82, 2.24) is 5.16 Å². The molecule has 0 atom stereocenters. The molecule has 0 aromatic carbocycles. The van der Waals surface area contributed by atoms with Crippen LogP contribution in [0.4, 0.5) is 5.88 Å². The third-order valence-corrected chi connectivity index (χ3v) is 6.18. The van der Waals surface area contributed by atoms with Gasteiger partial charge in [-0.15, -0.1) is 11.3 Å². The van der Waals surface area contributed by atoms with E-state index in [0.717, 1.165) is 5.56 Å². The lowest BCUT2D eigenvalue weighted by Crippen LogP contribution is -2.12. The summed E-state index contributed by atoms with van der Waals surface area (Å²) in [5.74, 6) is 0.1000. The fraction of sp³-hybridized carbons (Fsp3) is 0.300. The van der Waals surface area contributed by atoms with Gasteiger partial charge in [0.05, 0.1) is 5.69 Å². The Hall–Kier alpha value is -0.860. The molecule has 0 saturated heterocycles. The number of hydrogen-bond donors (Lipinski definition) is 1. The molecule has 2 aromatic rings. The Bertz CT molecular complexity index is 660. The van der Waals surface area contributed by atoms with Crippen LogP contribution in [0.25, 0.3) is 0 Å². The lowest BCUT2D eigenvalue weighted by Gasteiger charge is -2.04. The van der Waals surface area contributed by atoms with E-state index in [0.29, 0.717) is 20.8 Å². The van der Waals surface area contributed by atoms with Crippen LogP contribution in [-0.4, -0.2) is 13.6 Å². The van der Waals surface area contributed by atoms with Crippen LogP contribution in [0, 0.1) is 6.92 Å². The van der Waals surface area contributed by atoms with Crippen molar-refractivity contribution in [2.45, 2.75) is 24.5 Å². The molecule has 1 N–H and O–H groups in total. The fourth-order valence-corrected chi connectivity index (χ4v) is 4.34. The van der Waals surface area contributed by atoms with Gasteiger partial charge in [0, 0.05) is 0 Å². The number of sulfonamides is 1. The van der Waals surface area contributed by atoms with Crippen LogP contribution in [0.5, 0.6) is 0 Å². The molecule has 2 heterocycles. The van der Waals surface area contributed by atoms with Crippen LogP contribution >= 0.6 is 27.3 Å². The van der Waals surface area contributed by atoms with Crippen LogP contribution in [-0.2, 0) is 16.4 Å². The van der Waals surface area contributed by atoms with Crippen molar-refractivity contribution in [3.05, 3.63) is 27.2 Å². The zero-order valence-corrected chi connectivity index (χ0v) is 12.9. The predicted octanol–water partition coefficient (Wildman–Crippen LogP) is 3.17. The molecule has 2 aromatic heterocycles. The Balaban J connectivity index is 2.36. The highest BCUT2D eigenvalue weighted by Gasteiger charge is 2.23. The number of nitrogens with one attached hydrogen (secondary N) is 1. The zero-order chi connectivity index (χ0) is 13.3. The molecule has 0 spiro atoms. The number of thiophene rings is 1. The van der Waals surface area contributed by atoms with Gasteiger partial charge in [-0.3, -0.25) is 0 Å². The quantitative estimate of drug-likeness (QED) is 0.918. The zero-order valence-electron chi connectivity index (χ0n) is 9.73. The van der Waals surface area contributed by atoms with Crippen molar-refractivity contribution in [1.29, 1.82) is 0 Å². The van der Waals surface area contributed by atoms with Crippen molar-refractivity contribution in [3.8, 4) is 0 Å². The van der Waals surface area contributed by atoms with E-state index in [9.17, 15) is 8.42 Å². The van der Waals surface area contributed by atoms with Crippen LogP contribution in [0.3, 0.4) is 0 Å². The molecule has 2 rings (SSSR count). The maximum absolute atomic E-state index is 12.2. The van der Waals surface area contributed by atoms with Crippen LogP contribution in [0.15, 0.2) is 24.7 Å². The van der Waals surface area contributed by atoms with Crippen molar-refractivity contribution in [2.24, 2.45) is 0 Å². The normalized spacial score (nSPS) is 11.7. The topological polar surface area (TPSA) is 72.2 Å².